The second kappa shape index (κ2) is 9.75. The lowest BCUT2D eigenvalue weighted by Gasteiger charge is -2.28. The van der Waals surface area contributed by atoms with Crippen molar-refractivity contribution in [1.82, 2.24) is 0 Å². The van der Waals surface area contributed by atoms with Crippen LogP contribution in [0.25, 0.3) is 0 Å². The number of halogens is 1. The van der Waals surface area contributed by atoms with Gasteiger partial charge in [0.15, 0.2) is 0 Å². The predicted molar refractivity (Wildman–Crippen MR) is 57.7 cm³/mol. The van der Waals surface area contributed by atoms with Crippen LogP contribution in [-0.4, -0.2) is 43.4 Å². The zero-order valence-electron chi connectivity index (χ0n) is 9.93. The van der Waals surface area contributed by atoms with E-state index in [1.54, 1.807) is 0 Å². The first-order valence-corrected chi connectivity index (χ1v) is 5.55. The Kier molecular flexibility index (Phi) is 11.6. The number of hydrogen-bond acceptors (Lipinski definition) is 1. The summed E-state index contributed by atoms with van der Waals surface area (Å²) in [6.45, 7) is 4.63. The van der Waals surface area contributed by atoms with Gasteiger partial charge in [-0.2, -0.15) is 0 Å². The maximum Gasteiger partial charge on any atom is 0.102 e. The highest BCUT2D eigenvalue weighted by Gasteiger charge is 2.12. The van der Waals surface area contributed by atoms with Gasteiger partial charge in [0.1, 0.15) is 6.54 Å². The molecule has 0 atom stereocenters. The molecule has 0 aliphatic rings. The molecule has 0 bridgehead atoms. The van der Waals surface area contributed by atoms with Crippen LogP contribution in [0.2, 0.25) is 0 Å². The molecule has 0 amide bonds. The van der Waals surface area contributed by atoms with Crippen LogP contribution in [-0.2, 0) is 0 Å². The van der Waals surface area contributed by atoms with E-state index >= 15 is 0 Å². The van der Waals surface area contributed by atoms with E-state index in [9.17, 15) is 0 Å². The van der Waals surface area contributed by atoms with Crippen LogP contribution in [0.4, 0.5) is 0 Å². The summed E-state index contributed by atoms with van der Waals surface area (Å²) in [5.41, 5.74) is 0. The molecule has 0 heterocycles. The Balaban J connectivity index is 0. The summed E-state index contributed by atoms with van der Waals surface area (Å²) in [5.74, 6) is 0. The molecule has 0 radical (unpaired) electrons. The molecule has 0 aromatic rings. The maximum atomic E-state index is 8.83. The third kappa shape index (κ3) is 10.3. The molecule has 3 heteroatoms. The first-order chi connectivity index (χ1) is 6.12. The van der Waals surface area contributed by atoms with Gasteiger partial charge in [0.25, 0.3) is 0 Å². The molecule has 0 saturated heterocycles. The van der Waals surface area contributed by atoms with Crippen molar-refractivity contribution in [2.45, 2.75) is 39.0 Å². The van der Waals surface area contributed by atoms with Gasteiger partial charge in [-0.1, -0.05) is 26.2 Å². The van der Waals surface area contributed by atoms with Gasteiger partial charge in [-0.05, 0) is 12.8 Å². The zero-order valence-corrected chi connectivity index (χ0v) is 10.7. The minimum absolute atomic E-state index is 0. The first kappa shape index (κ1) is 16.6. The molecular formula is C11H26ClNO. The van der Waals surface area contributed by atoms with Crippen LogP contribution in [0, 0.1) is 0 Å². The number of aliphatic hydroxyl groups is 1. The van der Waals surface area contributed by atoms with Crippen LogP contribution >= 0.6 is 0 Å². The standard InChI is InChI=1S/C11H26NO.ClH/c1-4-5-6-7-8-9-12(2,3)10-11-13;/h13H,4-11H2,1-3H3;1H/q+1;/p-1. The molecule has 0 aliphatic carbocycles. The van der Waals surface area contributed by atoms with Crippen LogP contribution in [0.5, 0.6) is 0 Å². The number of likely N-dealkylation sites (N-methyl/N-ethyl adjacent to an activating group) is 1. The molecule has 0 fully saturated rings. The Labute approximate surface area is 95.3 Å². The number of quaternary nitrogens is 1. The molecule has 0 saturated carbocycles. The maximum absolute atomic E-state index is 8.83. The van der Waals surface area contributed by atoms with Gasteiger partial charge >= 0.3 is 0 Å². The van der Waals surface area contributed by atoms with Crippen molar-refractivity contribution in [1.29, 1.82) is 0 Å². The summed E-state index contributed by atoms with van der Waals surface area (Å²) in [7, 11) is 4.38. The van der Waals surface area contributed by atoms with Crippen LogP contribution in [0.1, 0.15) is 39.0 Å². The molecule has 2 nitrogen and oxygen atoms in total. The Bertz CT molecular complexity index is 118. The van der Waals surface area contributed by atoms with E-state index in [4.69, 9.17) is 5.11 Å². The van der Waals surface area contributed by atoms with E-state index in [-0.39, 0.29) is 12.4 Å². The van der Waals surface area contributed by atoms with E-state index in [2.05, 4.69) is 21.0 Å². The van der Waals surface area contributed by atoms with Gasteiger partial charge < -0.3 is 22.0 Å². The third-order valence-corrected chi connectivity index (χ3v) is 2.57. The molecule has 0 aliphatic heterocycles. The molecule has 0 spiro atoms. The number of rotatable bonds is 8. The second-order valence-electron chi connectivity index (χ2n) is 4.52. The van der Waals surface area contributed by atoms with E-state index < -0.39 is 0 Å². The lowest BCUT2D eigenvalue weighted by molar-refractivity contribution is -0.890. The lowest BCUT2D eigenvalue weighted by Crippen LogP contribution is -3.00. The number of aliphatic hydroxyl groups excluding tert-OH is 1. The van der Waals surface area contributed by atoms with Crippen molar-refractivity contribution in [3.8, 4) is 0 Å². The second-order valence-corrected chi connectivity index (χ2v) is 4.52. The third-order valence-electron chi connectivity index (χ3n) is 2.57. The lowest BCUT2D eigenvalue weighted by atomic mass is 10.1. The molecule has 0 aromatic heterocycles. The zero-order chi connectivity index (χ0) is 10.2. The van der Waals surface area contributed by atoms with Crippen LogP contribution in [0.3, 0.4) is 0 Å². The van der Waals surface area contributed by atoms with E-state index in [1.165, 1.54) is 38.6 Å². The Morgan fingerprint density at radius 1 is 0.929 bits per heavy atom. The molecule has 0 unspecified atom stereocenters. The van der Waals surface area contributed by atoms with Crippen molar-refractivity contribution in [3.63, 3.8) is 0 Å². The van der Waals surface area contributed by atoms with E-state index in [1.807, 2.05) is 0 Å². The summed E-state index contributed by atoms with van der Waals surface area (Å²) in [6, 6.07) is 0. The first-order valence-electron chi connectivity index (χ1n) is 5.55. The van der Waals surface area contributed by atoms with E-state index in [0.29, 0.717) is 6.61 Å². The molecule has 0 rings (SSSR count). The van der Waals surface area contributed by atoms with E-state index in [0.717, 1.165) is 11.0 Å². The highest BCUT2D eigenvalue weighted by molar-refractivity contribution is 4.42. The van der Waals surface area contributed by atoms with Crippen molar-refractivity contribution < 1.29 is 22.0 Å². The van der Waals surface area contributed by atoms with Crippen molar-refractivity contribution in [2.24, 2.45) is 0 Å². The van der Waals surface area contributed by atoms with Gasteiger partial charge in [0.05, 0.1) is 27.2 Å². The monoisotopic (exact) mass is 223 g/mol. The summed E-state index contributed by atoms with van der Waals surface area (Å²) in [6.07, 6.45) is 6.70. The largest absolute Gasteiger partial charge is 1.00 e. The molecular weight excluding hydrogens is 198 g/mol. The van der Waals surface area contributed by atoms with Gasteiger partial charge in [-0.15, -0.1) is 0 Å². The number of unbranched alkanes of at least 4 members (excludes halogenated alkanes) is 4. The van der Waals surface area contributed by atoms with Crippen molar-refractivity contribution >= 4 is 0 Å². The Hall–Kier alpha value is 0.210. The molecule has 1 N–H and O–H groups in total. The fourth-order valence-electron chi connectivity index (χ4n) is 1.53. The normalized spacial score (nSPS) is 11.1. The molecule has 14 heavy (non-hydrogen) atoms. The number of nitrogens with zero attached hydrogens (tertiary/aromatic N) is 1. The van der Waals surface area contributed by atoms with Crippen molar-refractivity contribution in [3.05, 3.63) is 0 Å². The fraction of sp³-hybridized carbons (Fsp3) is 1.00. The smallest absolute Gasteiger partial charge is 0.102 e. The quantitative estimate of drug-likeness (QED) is 0.415. The van der Waals surface area contributed by atoms with Crippen LogP contribution < -0.4 is 12.4 Å². The summed E-state index contributed by atoms with van der Waals surface area (Å²) in [4.78, 5) is 0. The minimum Gasteiger partial charge on any atom is -1.00 e. The summed E-state index contributed by atoms with van der Waals surface area (Å²) in [5, 5.41) is 8.83. The van der Waals surface area contributed by atoms with Crippen molar-refractivity contribution in [2.75, 3.05) is 33.8 Å². The highest BCUT2D eigenvalue weighted by Crippen LogP contribution is 2.06. The predicted octanol–water partition coefficient (Wildman–Crippen LogP) is -0.970. The highest BCUT2D eigenvalue weighted by atomic mass is 35.5. The SMILES string of the molecule is CCCCCCC[N+](C)(C)CCO.[Cl-]. The van der Waals surface area contributed by atoms with Crippen LogP contribution in [0.15, 0.2) is 0 Å². The summed E-state index contributed by atoms with van der Waals surface area (Å²) >= 11 is 0. The number of hydrogen-bond donors (Lipinski definition) is 1. The fourth-order valence-corrected chi connectivity index (χ4v) is 1.53. The molecule has 0 aromatic carbocycles. The minimum atomic E-state index is 0. The Morgan fingerprint density at radius 3 is 2.00 bits per heavy atom. The van der Waals surface area contributed by atoms with Gasteiger partial charge in [-0.25, -0.2) is 0 Å². The topological polar surface area (TPSA) is 20.2 Å². The summed E-state index contributed by atoms with van der Waals surface area (Å²) < 4.78 is 0.961. The van der Waals surface area contributed by atoms with Gasteiger partial charge in [-0.3, -0.25) is 0 Å². The van der Waals surface area contributed by atoms with Gasteiger partial charge in [0, 0.05) is 0 Å². The molecule has 88 valence electrons. The average molecular weight is 224 g/mol. The Morgan fingerprint density at radius 2 is 1.50 bits per heavy atom. The average Bonchev–Trinajstić information content (AvgIpc) is 2.04. The van der Waals surface area contributed by atoms with Gasteiger partial charge in [0.2, 0.25) is 0 Å².